The van der Waals surface area contributed by atoms with Crippen LogP contribution >= 0.6 is 0 Å². The molecule has 0 bridgehead atoms. The average Bonchev–Trinajstić information content (AvgIpc) is 2.68. The predicted molar refractivity (Wildman–Crippen MR) is 58.6 cm³/mol. The van der Waals surface area contributed by atoms with Crippen molar-refractivity contribution in [2.45, 2.75) is 33.1 Å². The molecule has 0 nitrogen and oxygen atoms in total. The first kappa shape index (κ1) is 17.4. The summed E-state index contributed by atoms with van der Waals surface area (Å²) in [7, 11) is 0. The van der Waals surface area contributed by atoms with Gasteiger partial charge in [-0.15, -0.1) is 6.92 Å². The van der Waals surface area contributed by atoms with E-state index < -0.39 is 0 Å². The van der Waals surface area contributed by atoms with Crippen LogP contribution in [0.4, 0.5) is 0 Å². The van der Waals surface area contributed by atoms with Gasteiger partial charge >= 0.3 is 26.2 Å². The van der Waals surface area contributed by atoms with Crippen molar-refractivity contribution >= 4 is 0 Å². The maximum atomic E-state index is 3.69. The van der Waals surface area contributed by atoms with Gasteiger partial charge in [0.2, 0.25) is 0 Å². The molecule has 1 unspecified atom stereocenters. The summed E-state index contributed by atoms with van der Waals surface area (Å²) in [5.41, 5.74) is 6.34. The van der Waals surface area contributed by atoms with Crippen LogP contribution in [0.3, 0.4) is 0 Å². The Kier molecular flexibility index (Phi) is 6.19. The molecule has 1 atom stereocenters. The monoisotopic (exact) mass is 343 g/mol. The summed E-state index contributed by atoms with van der Waals surface area (Å²) in [5, 5.41) is 0. The molecular weight excluding hydrogens is 330 g/mol. The largest absolute Gasteiger partial charge is 3.00 e. The average molecular weight is 345 g/mol. The molecule has 89 valence electrons. The molecule has 3 heteroatoms. The van der Waals surface area contributed by atoms with Crippen LogP contribution in [-0.4, -0.2) is 0 Å². The molecule has 1 saturated carbocycles. The minimum atomic E-state index is 0. The van der Waals surface area contributed by atoms with Gasteiger partial charge in [-0.25, -0.2) is 5.57 Å². The molecule has 1 fully saturated rings. The molecule has 1 radical (unpaired) electrons. The van der Waals surface area contributed by atoms with Gasteiger partial charge in [-0.2, -0.15) is 11.1 Å². The van der Waals surface area contributed by atoms with E-state index in [0.717, 1.165) is 6.42 Å². The minimum Gasteiger partial charge on any atom is -1.00 e. The molecule has 3 aliphatic carbocycles. The van der Waals surface area contributed by atoms with Crippen molar-refractivity contribution in [1.82, 2.24) is 0 Å². The van der Waals surface area contributed by atoms with Crippen molar-refractivity contribution in [1.29, 1.82) is 0 Å². The Labute approximate surface area is 135 Å². The van der Waals surface area contributed by atoms with Crippen molar-refractivity contribution in [2.24, 2.45) is 5.41 Å². The van der Waals surface area contributed by atoms with E-state index in [-0.39, 0.29) is 56.4 Å². The third-order valence-corrected chi connectivity index (χ3v) is 4.00. The van der Waals surface area contributed by atoms with E-state index in [0.29, 0.717) is 0 Å². The van der Waals surface area contributed by atoms with Crippen LogP contribution in [0.2, 0.25) is 0 Å². The molecule has 0 aromatic carbocycles. The van der Waals surface area contributed by atoms with Gasteiger partial charge < -0.3 is 24.8 Å². The van der Waals surface area contributed by atoms with Gasteiger partial charge in [-0.3, -0.25) is 6.08 Å². The minimum absolute atomic E-state index is 0. The molecule has 0 amide bonds. The third-order valence-electron chi connectivity index (χ3n) is 4.00. The van der Waals surface area contributed by atoms with Crippen molar-refractivity contribution in [3.63, 3.8) is 0 Å². The zero-order valence-corrected chi connectivity index (χ0v) is 14.1. The predicted octanol–water partition coefficient (Wildman–Crippen LogP) is -2.26. The maximum Gasteiger partial charge on any atom is 3.00 e. The number of hydrogen-bond donors (Lipinski definition) is 0. The first-order chi connectivity index (χ1) is 6.74. The fraction of sp³-hybridized carbons (Fsp3) is 0.429. The summed E-state index contributed by atoms with van der Waals surface area (Å²) in [6.45, 7) is 4.45. The number of rotatable bonds is 1. The standard InChI is InChI=1S/C14H15.2ClH.Zr/c1-10-9-14(12-5-3-4-6-12)8-7-13(14)11(10)2;;;/h3-5H,6-8H2,1-2H3;2*1H;/q-1;;;+3/p-2. The zero-order chi connectivity index (χ0) is 9.76. The quantitative estimate of drug-likeness (QED) is 0.471. The van der Waals surface area contributed by atoms with E-state index in [1.807, 2.05) is 0 Å². The second-order valence-corrected chi connectivity index (χ2v) is 4.58. The topological polar surface area (TPSA) is 0 Å². The summed E-state index contributed by atoms with van der Waals surface area (Å²) >= 11 is 0. The fourth-order valence-electron chi connectivity index (χ4n) is 2.98. The normalized spacial score (nSPS) is 28.1. The molecule has 0 aromatic rings. The Hall–Kier alpha value is 0.423. The van der Waals surface area contributed by atoms with Crippen LogP contribution in [0, 0.1) is 11.5 Å². The van der Waals surface area contributed by atoms with Crippen LogP contribution in [0.1, 0.15) is 33.1 Å². The summed E-state index contributed by atoms with van der Waals surface area (Å²) in [4.78, 5) is 0. The van der Waals surface area contributed by atoms with Gasteiger partial charge in [-0.05, 0) is 12.8 Å². The van der Waals surface area contributed by atoms with Crippen molar-refractivity contribution in [2.75, 3.05) is 0 Å². The molecular formula is C14H15Cl2Zr. The Morgan fingerprint density at radius 2 is 1.94 bits per heavy atom. The van der Waals surface area contributed by atoms with E-state index in [9.17, 15) is 0 Å². The second kappa shape index (κ2) is 6.04. The van der Waals surface area contributed by atoms with E-state index >= 15 is 0 Å². The van der Waals surface area contributed by atoms with Crippen molar-refractivity contribution in [3.05, 3.63) is 46.6 Å². The Balaban J connectivity index is 0.000000853. The molecule has 0 aromatic heterocycles. The second-order valence-electron chi connectivity index (χ2n) is 4.58. The Morgan fingerprint density at radius 3 is 2.35 bits per heavy atom. The van der Waals surface area contributed by atoms with E-state index in [2.05, 4.69) is 38.2 Å². The Bertz CT molecular complexity index is 430. The molecule has 3 aliphatic rings. The molecule has 17 heavy (non-hydrogen) atoms. The van der Waals surface area contributed by atoms with Gasteiger partial charge in [-0.1, -0.05) is 42.6 Å². The number of hydrogen-bond acceptors (Lipinski definition) is 0. The molecule has 3 rings (SSSR count). The SMILES string of the molecule is CC1=[C-]C2(C3=CC=CC3)CCC2=C1C.[Cl-].[Cl-].[Zr+3]. The summed E-state index contributed by atoms with van der Waals surface area (Å²) in [6, 6.07) is 0. The number of allylic oxidation sites excluding steroid dienone is 8. The molecule has 0 spiro atoms. The fourth-order valence-corrected chi connectivity index (χ4v) is 2.98. The number of halogens is 2. The van der Waals surface area contributed by atoms with E-state index in [1.54, 1.807) is 11.1 Å². The van der Waals surface area contributed by atoms with Gasteiger partial charge in [0.05, 0.1) is 0 Å². The first-order valence-electron chi connectivity index (χ1n) is 5.42. The van der Waals surface area contributed by atoms with Gasteiger partial charge in [0, 0.05) is 0 Å². The zero-order valence-electron chi connectivity index (χ0n) is 10.1. The van der Waals surface area contributed by atoms with E-state index in [4.69, 9.17) is 0 Å². The van der Waals surface area contributed by atoms with Crippen LogP contribution in [0.15, 0.2) is 40.5 Å². The van der Waals surface area contributed by atoms with Crippen LogP contribution in [-0.2, 0) is 26.2 Å². The molecule has 0 heterocycles. The Morgan fingerprint density at radius 1 is 1.24 bits per heavy atom. The number of fused-ring (bicyclic) bond motifs is 1. The smallest absolute Gasteiger partial charge is 1.00 e. The van der Waals surface area contributed by atoms with Crippen LogP contribution in [0.25, 0.3) is 0 Å². The molecule has 0 saturated heterocycles. The first-order valence-corrected chi connectivity index (χ1v) is 5.42. The summed E-state index contributed by atoms with van der Waals surface area (Å²) < 4.78 is 0. The van der Waals surface area contributed by atoms with Crippen molar-refractivity contribution in [3.8, 4) is 0 Å². The summed E-state index contributed by atoms with van der Waals surface area (Å²) in [6.07, 6.45) is 14.1. The molecule has 0 N–H and O–H groups in total. The van der Waals surface area contributed by atoms with Gasteiger partial charge in [0.25, 0.3) is 0 Å². The summed E-state index contributed by atoms with van der Waals surface area (Å²) in [5.74, 6) is 0. The third kappa shape index (κ3) is 2.31. The van der Waals surface area contributed by atoms with Crippen LogP contribution in [0.5, 0.6) is 0 Å². The maximum absolute atomic E-state index is 3.69. The van der Waals surface area contributed by atoms with Gasteiger partial charge in [0.1, 0.15) is 0 Å². The van der Waals surface area contributed by atoms with Crippen LogP contribution < -0.4 is 24.8 Å². The van der Waals surface area contributed by atoms with E-state index in [1.165, 1.54) is 24.0 Å². The molecule has 0 aliphatic heterocycles. The van der Waals surface area contributed by atoms with Gasteiger partial charge in [0.15, 0.2) is 0 Å². The van der Waals surface area contributed by atoms with Crippen molar-refractivity contribution < 1.29 is 51.0 Å².